The van der Waals surface area contributed by atoms with E-state index >= 15 is 0 Å². The lowest BCUT2D eigenvalue weighted by Crippen LogP contribution is -2.50. The minimum atomic E-state index is -4.27. The number of phenolic OH excluding ortho intramolecular Hbond substituents is 1. The maximum atomic E-state index is 14.9. The first kappa shape index (κ1) is 23.8. The van der Waals surface area contributed by atoms with Gasteiger partial charge in [0.25, 0.3) is 15.9 Å². The van der Waals surface area contributed by atoms with Gasteiger partial charge in [0.15, 0.2) is 5.96 Å². The summed E-state index contributed by atoms with van der Waals surface area (Å²) in [6.07, 6.45) is 2.66. The molecule has 0 aromatic heterocycles. The fraction of sp³-hybridized carbons (Fsp3) is 0.364. The van der Waals surface area contributed by atoms with Crippen molar-refractivity contribution >= 4 is 33.3 Å². The number of hydrogen-bond donors (Lipinski definition) is 4. The Morgan fingerprint density at radius 3 is 2.62 bits per heavy atom. The van der Waals surface area contributed by atoms with Gasteiger partial charge in [0.1, 0.15) is 11.6 Å². The highest BCUT2D eigenvalue weighted by molar-refractivity contribution is 7.88. The Hall–Kier alpha value is -3.38. The topological polar surface area (TPSA) is 147 Å². The number of piperidine rings is 1. The molecule has 2 heterocycles. The van der Waals surface area contributed by atoms with E-state index < -0.39 is 21.7 Å². The Bertz CT molecular complexity index is 1210. The molecule has 2 aromatic carbocycles. The average Bonchev–Trinajstić information content (AvgIpc) is 2.81. The Kier molecular flexibility index (Phi) is 6.89. The van der Waals surface area contributed by atoms with E-state index in [9.17, 15) is 22.7 Å². The normalized spacial score (nSPS) is 17.0. The predicted octanol–water partition coefficient (Wildman–Crippen LogP) is 1.66. The van der Waals surface area contributed by atoms with Crippen LogP contribution in [0.3, 0.4) is 0 Å². The Labute approximate surface area is 197 Å². The molecule has 0 spiro atoms. The van der Waals surface area contributed by atoms with Crippen LogP contribution in [0.5, 0.6) is 5.75 Å². The van der Waals surface area contributed by atoms with Crippen LogP contribution in [0, 0.1) is 5.82 Å². The molecule has 2 aromatic rings. The summed E-state index contributed by atoms with van der Waals surface area (Å²) < 4.78 is 37.7. The first-order valence-electron chi connectivity index (χ1n) is 10.9. The molecule has 0 atom stereocenters. The summed E-state index contributed by atoms with van der Waals surface area (Å²) in [5.41, 5.74) is 0.223. The van der Waals surface area contributed by atoms with Crippen molar-refractivity contribution in [2.75, 3.05) is 36.4 Å². The lowest BCUT2D eigenvalue weighted by molar-refractivity contribution is 0.102. The summed E-state index contributed by atoms with van der Waals surface area (Å²) in [4.78, 5) is 18.5. The van der Waals surface area contributed by atoms with E-state index in [2.05, 4.69) is 20.9 Å². The number of nitrogens with one attached hydrogen (secondary N) is 4. The Balaban J connectivity index is 1.40. The number of aliphatic imine (C=N–C) groups is 1. The highest BCUT2D eigenvalue weighted by atomic mass is 32.2. The summed E-state index contributed by atoms with van der Waals surface area (Å²) in [6, 6.07) is 7.47. The highest BCUT2D eigenvalue weighted by Gasteiger charge is 2.23. The zero-order valence-corrected chi connectivity index (χ0v) is 19.2. The molecule has 34 heavy (non-hydrogen) atoms. The monoisotopic (exact) mass is 489 g/mol. The van der Waals surface area contributed by atoms with Crippen molar-refractivity contribution < 1.29 is 22.7 Å². The standard InChI is InChI=1S/C22H26FN6O4S/c23-17-12-14(21(31)28-18-13-16(34(24,32)33)3-5-20(18)30)2-4-19(17)29-10-6-15(7-11-29)27-22-25-8-1-9-26-22/h2-5,12-13,15,24,30H,1,6-11H2,(H,28,31)(H2,25,26,27). The Morgan fingerprint density at radius 2 is 1.97 bits per heavy atom. The van der Waals surface area contributed by atoms with E-state index in [0.29, 0.717) is 18.8 Å². The molecule has 10 nitrogen and oxygen atoms in total. The summed E-state index contributed by atoms with van der Waals surface area (Å²) in [7, 11) is -4.27. The number of carbonyl (C=O) groups is 1. The van der Waals surface area contributed by atoms with Gasteiger partial charge in [-0.25, -0.2) is 12.8 Å². The molecule has 0 aliphatic carbocycles. The zero-order valence-electron chi connectivity index (χ0n) is 18.3. The number of sulfonamides is 1. The number of carbonyl (C=O) groups excluding carboxylic acids is 1. The molecule has 0 saturated carbocycles. The third-order valence-electron chi connectivity index (χ3n) is 5.81. The van der Waals surface area contributed by atoms with Gasteiger partial charge in [0.05, 0.1) is 16.3 Å². The number of guanidine groups is 1. The van der Waals surface area contributed by atoms with Crippen molar-refractivity contribution in [3.05, 3.63) is 47.8 Å². The quantitative estimate of drug-likeness (QED) is 0.467. The number of amides is 1. The van der Waals surface area contributed by atoms with E-state index in [1.165, 1.54) is 12.1 Å². The van der Waals surface area contributed by atoms with Gasteiger partial charge in [-0.3, -0.25) is 9.79 Å². The fourth-order valence-electron chi connectivity index (χ4n) is 3.97. The van der Waals surface area contributed by atoms with Gasteiger partial charge < -0.3 is 26.0 Å². The van der Waals surface area contributed by atoms with Gasteiger partial charge in [-0.15, -0.1) is 5.14 Å². The van der Waals surface area contributed by atoms with Crippen LogP contribution in [-0.4, -0.2) is 57.6 Å². The van der Waals surface area contributed by atoms with E-state index in [4.69, 9.17) is 5.14 Å². The van der Waals surface area contributed by atoms with Gasteiger partial charge in [-0.1, -0.05) is 0 Å². The van der Waals surface area contributed by atoms with Crippen LogP contribution < -0.4 is 26.0 Å². The molecular formula is C22H26FN6O4S. The van der Waals surface area contributed by atoms with Crippen molar-refractivity contribution in [2.24, 2.45) is 4.99 Å². The molecule has 1 amide bonds. The fourth-order valence-corrected chi connectivity index (χ4v) is 4.49. The van der Waals surface area contributed by atoms with Crippen LogP contribution in [0.4, 0.5) is 15.8 Å². The molecule has 0 unspecified atom stereocenters. The third kappa shape index (κ3) is 5.57. The summed E-state index contributed by atoms with van der Waals surface area (Å²) in [5.74, 6) is -0.820. The SMILES string of the molecule is [NH]S(=O)(=O)c1ccc(O)c(NC(=O)c2ccc(N3CCC(NC4=NCCCN4)CC3)c(F)c2)c1. The van der Waals surface area contributed by atoms with Gasteiger partial charge in [0.2, 0.25) is 0 Å². The van der Waals surface area contributed by atoms with Crippen molar-refractivity contribution in [3.8, 4) is 5.75 Å². The highest BCUT2D eigenvalue weighted by Crippen LogP contribution is 2.28. The number of halogens is 1. The second-order valence-electron chi connectivity index (χ2n) is 8.22. The van der Waals surface area contributed by atoms with Crippen LogP contribution >= 0.6 is 0 Å². The van der Waals surface area contributed by atoms with Crippen molar-refractivity contribution in [2.45, 2.75) is 30.2 Å². The van der Waals surface area contributed by atoms with Crippen molar-refractivity contribution in [3.63, 3.8) is 0 Å². The number of benzene rings is 2. The molecular weight excluding hydrogens is 463 g/mol. The van der Waals surface area contributed by atoms with Crippen LogP contribution in [0.1, 0.15) is 29.6 Å². The van der Waals surface area contributed by atoms with E-state index in [-0.39, 0.29) is 27.9 Å². The molecule has 12 heteroatoms. The number of aromatic hydroxyl groups is 1. The smallest absolute Gasteiger partial charge is 0.255 e. The second-order valence-corrected chi connectivity index (χ2v) is 9.70. The first-order chi connectivity index (χ1) is 16.2. The minimum Gasteiger partial charge on any atom is -0.506 e. The van der Waals surface area contributed by atoms with Gasteiger partial charge >= 0.3 is 0 Å². The van der Waals surface area contributed by atoms with Crippen LogP contribution in [0.25, 0.3) is 0 Å². The largest absolute Gasteiger partial charge is 0.506 e. The summed E-state index contributed by atoms with van der Waals surface area (Å²) >= 11 is 0. The summed E-state index contributed by atoms with van der Waals surface area (Å²) in [5, 5.41) is 26.1. The number of rotatable bonds is 5. The third-order valence-corrected chi connectivity index (χ3v) is 6.68. The molecule has 2 aliphatic heterocycles. The van der Waals surface area contributed by atoms with Gasteiger partial charge in [-0.2, -0.15) is 0 Å². The molecule has 1 radical (unpaired) electrons. The van der Waals surface area contributed by atoms with Crippen LogP contribution in [0.2, 0.25) is 0 Å². The number of anilines is 2. The average molecular weight is 490 g/mol. The van der Waals surface area contributed by atoms with E-state index in [1.54, 1.807) is 0 Å². The number of phenols is 1. The molecule has 0 bridgehead atoms. The van der Waals surface area contributed by atoms with E-state index in [1.807, 2.05) is 4.90 Å². The molecule has 5 N–H and O–H groups in total. The summed E-state index contributed by atoms with van der Waals surface area (Å²) in [6.45, 7) is 3.02. The maximum Gasteiger partial charge on any atom is 0.255 e. The molecule has 2 aliphatic rings. The maximum absolute atomic E-state index is 14.9. The second kappa shape index (κ2) is 9.85. The molecule has 4 rings (SSSR count). The lowest BCUT2D eigenvalue weighted by atomic mass is 10.0. The van der Waals surface area contributed by atoms with Crippen LogP contribution in [0.15, 0.2) is 46.3 Å². The molecule has 181 valence electrons. The zero-order chi connectivity index (χ0) is 24.3. The molecule has 1 saturated heterocycles. The van der Waals surface area contributed by atoms with Gasteiger partial charge in [0, 0.05) is 37.8 Å². The van der Waals surface area contributed by atoms with Crippen molar-refractivity contribution in [1.82, 2.24) is 15.8 Å². The van der Waals surface area contributed by atoms with E-state index in [0.717, 1.165) is 62.6 Å². The lowest BCUT2D eigenvalue weighted by Gasteiger charge is -2.35. The first-order valence-corrected chi connectivity index (χ1v) is 12.4. The number of nitrogens with zero attached hydrogens (tertiary/aromatic N) is 2. The number of hydrogen-bond acceptors (Lipinski definition) is 8. The molecule has 1 fully saturated rings. The predicted molar refractivity (Wildman–Crippen MR) is 126 cm³/mol. The van der Waals surface area contributed by atoms with Crippen molar-refractivity contribution in [1.29, 1.82) is 0 Å². The Morgan fingerprint density at radius 1 is 1.21 bits per heavy atom. The van der Waals surface area contributed by atoms with Gasteiger partial charge in [-0.05, 0) is 55.7 Å². The minimum absolute atomic E-state index is 0.0118. The van der Waals surface area contributed by atoms with Crippen LogP contribution in [-0.2, 0) is 10.0 Å².